The SMILES string of the molecule is COCc1ccc(OC(F)(F)F)c(CNC(=O)Nc2c(-c3ccccc3)[nH]c3c(C)ncc[n+]23)c1. The summed E-state index contributed by atoms with van der Waals surface area (Å²) in [6.07, 6.45) is -1.56. The fourth-order valence-corrected chi connectivity index (χ4v) is 3.67. The summed E-state index contributed by atoms with van der Waals surface area (Å²) in [5.74, 6) is 0.0555. The molecule has 0 fully saturated rings. The normalized spacial score (nSPS) is 11.5. The highest BCUT2D eigenvalue weighted by atomic mass is 19.4. The van der Waals surface area contributed by atoms with Gasteiger partial charge in [-0.1, -0.05) is 36.4 Å². The highest BCUT2D eigenvalue weighted by molar-refractivity contribution is 5.91. The van der Waals surface area contributed by atoms with Crippen LogP contribution in [-0.2, 0) is 17.9 Å². The Morgan fingerprint density at radius 2 is 1.94 bits per heavy atom. The lowest BCUT2D eigenvalue weighted by atomic mass is 10.1. The van der Waals surface area contributed by atoms with Gasteiger partial charge in [-0.05, 0) is 24.6 Å². The summed E-state index contributed by atoms with van der Waals surface area (Å²) >= 11 is 0. The molecule has 0 aliphatic heterocycles. The van der Waals surface area contributed by atoms with Gasteiger partial charge in [-0.2, -0.15) is 4.40 Å². The molecule has 3 N–H and O–H groups in total. The number of H-pyrrole nitrogens is 1. The van der Waals surface area contributed by atoms with E-state index in [0.717, 1.165) is 11.3 Å². The van der Waals surface area contributed by atoms with Crippen molar-refractivity contribution in [2.24, 2.45) is 0 Å². The quantitative estimate of drug-likeness (QED) is 0.336. The van der Waals surface area contributed by atoms with Crippen LogP contribution in [0.3, 0.4) is 0 Å². The summed E-state index contributed by atoms with van der Waals surface area (Å²) in [6, 6.07) is 13.0. The van der Waals surface area contributed by atoms with Crippen molar-refractivity contribution in [3.63, 3.8) is 0 Å². The molecule has 0 aliphatic rings. The number of aromatic nitrogens is 3. The molecule has 0 saturated carbocycles. The zero-order valence-corrected chi connectivity index (χ0v) is 18.9. The highest BCUT2D eigenvalue weighted by Gasteiger charge is 2.32. The Morgan fingerprint density at radius 3 is 2.66 bits per heavy atom. The zero-order valence-electron chi connectivity index (χ0n) is 18.9. The maximum Gasteiger partial charge on any atom is 0.573 e. The maximum absolute atomic E-state index is 12.9. The molecular formula is C24H23F3N5O3+. The van der Waals surface area contributed by atoms with Crippen LogP contribution in [0.2, 0.25) is 0 Å². The Bertz CT molecular complexity index is 1340. The van der Waals surface area contributed by atoms with E-state index in [1.807, 2.05) is 37.3 Å². The van der Waals surface area contributed by atoms with Gasteiger partial charge in [0.25, 0.3) is 11.5 Å². The Balaban J connectivity index is 1.60. The van der Waals surface area contributed by atoms with E-state index in [2.05, 4.69) is 25.3 Å². The van der Waals surface area contributed by atoms with Gasteiger partial charge >= 0.3 is 12.4 Å². The lowest BCUT2D eigenvalue weighted by molar-refractivity contribution is -0.494. The number of benzene rings is 2. The summed E-state index contributed by atoms with van der Waals surface area (Å²) in [5, 5.41) is 5.41. The van der Waals surface area contributed by atoms with E-state index in [1.54, 1.807) is 16.8 Å². The van der Waals surface area contributed by atoms with Gasteiger partial charge in [-0.25, -0.2) is 10.1 Å². The molecule has 0 aliphatic carbocycles. The Morgan fingerprint density at radius 1 is 1.17 bits per heavy atom. The number of ether oxygens (including phenoxy) is 2. The van der Waals surface area contributed by atoms with E-state index in [9.17, 15) is 18.0 Å². The topological polar surface area (TPSA) is 92.4 Å². The van der Waals surface area contributed by atoms with Crippen molar-refractivity contribution >= 4 is 17.5 Å². The van der Waals surface area contributed by atoms with Crippen molar-refractivity contribution in [3.8, 4) is 17.0 Å². The molecule has 4 aromatic rings. The number of urea groups is 1. The van der Waals surface area contributed by atoms with Crippen LogP contribution in [0.1, 0.15) is 16.8 Å². The molecular weight excluding hydrogens is 463 g/mol. The third-order valence-electron chi connectivity index (χ3n) is 5.18. The first-order chi connectivity index (χ1) is 16.7. The van der Waals surface area contributed by atoms with Crippen molar-refractivity contribution in [1.29, 1.82) is 0 Å². The van der Waals surface area contributed by atoms with Gasteiger partial charge in [0, 0.05) is 24.8 Å². The molecule has 182 valence electrons. The van der Waals surface area contributed by atoms with Crippen LogP contribution in [0.4, 0.5) is 23.8 Å². The number of carbonyl (C=O) groups excluding carboxylic acids is 1. The zero-order chi connectivity index (χ0) is 25.0. The number of methoxy groups -OCH3 is 1. The van der Waals surface area contributed by atoms with Crippen molar-refractivity contribution < 1.29 is 31.8 Å². The van der Waals surface area contributed by atoms with Gasteiger partial charge in [0.15, 0.2) is 5.69 Å². The van der Waals surface area contributed by atoms with Crippen LogP contribution in [0.5, 0.6) is 5.75 Å². The van der Waals surface area contributed by atoms with Gasteiger partial charge in [0.2, 0.25) is 0 Å². The van der Waals surface area contributed by atoms with E-state index < -0.39 is 18.1 Å². The Kier molecular flexibility index (Phi) is 6.87. The molecule has 2 amide bonds. The van der Waals surface area contributed by atoms with Crippen LogP contribution in [0, 0.1) is 6.92 Å². The van der Waals surface area contributed by atoms with Crippen molar-refractivity contribution in [3.05, 3.63) is 77.7 Å². The van der Waals surface area contributed by atoms with Crippen molar-refractivity contribution in [2.75, 3.05) is 12.4 Å². The number of aryl methyl sites for hydroxylation is 1. The Labute approximate surface area is 198 Å². The predicted molar refractivity (Wildman–Crippen MR) is 122 cm³/mol. The molecule has 4 rings (SSSR count). The number of nitrogens with zero attached hydrogens (tertiary/aromatic N) is 2. The number of fused-ring (bicyclic) bond motifs is 1. The number of carbonyl (C=O) groups is 1. The summed E-state index contributed by atoms with van der Waals surface area (Å²) in [7, 11) is 1.48. The number of halogens is 3. The van der Waals surface area contributed by atoms with E-state index >= 15 is 0 Å². The number of imidazole rings is 1. The first kappa shape index (κ1) is 24.0. The van der Waals surface area contributed by atoms with Crippen LogP contribution in [0.15, 0.2) is 60.9 Å². The molecule has 0 spiro atoms. The summed E-state index contributed by atoms with van der Waals surface area (Å²) in [5.41, 5.74) is 3.69. The third kappa shape index (κ3) is 5.69. The van der Waals surface area contributed by atoms with Gasteiger partial charge in [-0.15, -0.1) is 13.2 Å². The molecule has 35 heavy (non-hydrogen) atoms. The molecule has 11 heteroatoms. The first-order valence-corrected chi connectivity index (χ1v) is 10.6. The Hall–Kier alpha value is -4.12. The van der Waals surface area contributed by atoms with Crippen molar-refractivity contribution in [2.45, 2.75) is 26.4 Å². The minimum Gasteiger partial charge on any atom is -0.405 e. The second kappa shape index (κ2) is 10.0. The fourth-order valence-electron chi connectivity index (χ4n) is 3.67. The molecule has 0 atom stereocenters. The number of anilines is 1. The highest BCUT2D eigenvalue weighted by Crippen LogP contribution is 2.28. The van der Waals surface area contributed by atoms with Gasteiger partial charge < -0.3 is 14.8 Å². The number of nitrogens with one attached hydrogen (secondary N) is 3. The molecule has 2 aromatic heterocycles. The first-order valence-electron chi connectivity index (χ1n) is 10.6. The second-order valence-corrected chi connectivity index (χ2v) is 7.68. The molecule has 0 unspecified atom stereocenters. The molecule has 0 saturated heterocycles. The lowest BCUT2D eigenvalue weighted by Gasteiger charge is -2.15. The van der Waals surface area contributed by atoms with Crippen molar-refractivity contribution in [1.82, 2.24) is 15.3 Å². The standard InChI is InChI=1S/C24H22F3N5O3/c1-15-21-30-20(17-6-4-3-5-7-17)22(32(21)11-10-28-15)31-23(33)29-13-18-12-16(14-34-2)8-9-19(18)35-24(25,26)27/h3-12H,13-14H2,1-2H3,(H2,28,29,31,33)/p+1. The number of hydrogen-bond acceptors (Lipinski definition) is 4. The molecule has 0 radical (unpaired) electrons. The van der Waals surface area contributed by atoms with Crippen LogP contribution in [-0.4, -0.2) is 29.5 Å². The summed E-state index contributed by atoms with van der Waals surface area (Å²) in [4.78, 5) is 20.4. The molecule has 8 nitrogen and oxygen atoms in total. The van der Waals surface area contributed by atoms with Crippen LogP contribution < -0.4 is 19.8 Å². The minimum atomic E-state index is -4.86. The monoisotopic (exact) mass is 486 g/mol. The van der Waals surface area contributed by atoms with Gasteiger partial charge in [0.05, 0.1) is 19.0 Å². The van der Waals surface area contributed by atoms with Gasteiger partial charge in [0.1, 0.15) is 11.4 Å². The van der Waals surface area contributed by atoms with E-state index in [4.69, 9.17) is 4.74 Å². The average Bonchev–Trinajstić information content (AvgIpc) is 3.18. The third-order valence-corrected chi connectivity index (χ3v) is 5.18. The largest absolute Gasteiger partial charge is 0.573 e. The number of aromatic amines is 1. The maximum atomic E-state index is 12.9. The minimum absolute atomic E-state index is 0.155. The molecule has 0 bridgehead atoms. The van der Waals surface area contributed by atoms with Crippen LogP contribution in [0.25, 0.3) is 16.9 Å². The van der Waals surface area contributed by atoms with E-state index in [-0.39, 0.29) is 18.7 Å². The second-order valence-electron chi connectivity index (χ2n) is 7.68. The predicted octanol–water partition coefficient (Wildman–Crippen LogP) is 4.49. The van der Waals surface area contributed by atoms with E-state index in [1.165, 1.54) is 25.3 Å². The van der Waals surface area contributed by atoms with E-state index in [0.29, 0.717) is 22.7 Å². The number of hydrogen-bond donors (Lipinski definition) is 3. The molecule has 2 heterocycles. The smallest absolute Gasteiger partial charge is 0.405 e. The number of alkyl halides is 3. The van der Waals surface area contributed by atoms with Crippen LogP contribution >= 0.6 is 0 Å². The number of amides is 2. The summed E-state index contributed by atoms with van der Waals surface area (Å²) < 4.78 is 49.5. The summed E-state index contributed by atoms with van der Waals surface area (Å²) in [6.45, 7) is 1.83. The average molecular weight is 486 g/mol. The molecule has 2 aromatic carbocycles. The fraction of sp³-hybridized carbons (Fsp3) is 0.208. The number of rotatable bonds is 7. The van der Waals surface area contributed by atoms with Gasteiger partial charge in [-0.3, -0.25) is 9.97 Å². The lowest BCUT2D eigenvalue weighted by Crippen LogP contribution is -2.34.